The maximum Gasteiger partial charge on any atom is 0.341 e. The quantitative estimate of drug-likeness (QED) is 0.307. The highest BCUT2D eigenvalue weighted by atomic mass is 32.1. The van der Waals surface area contributed by atoms with Gasteiger partial charge in [0.25, 0.3) is 0 Å². The Morgan fingerprint density at radius 3 is 2.50 bits per heavy atom. The third-order valence-electron chi connectivity index (χ3n) is 6.19. The molecule has 32 heavy (non-hydrogen) atoms. The molecule has 2 N–H and O–H groups in total. The van der Waals surface area contributed by atoms with E-state index in [1.54, 1.807) is 11.3 Å². The summed E-state index contributed by atoms with van der Waals surface area (Å²) in [6.07, 6.45) is 9.41. The van der Waals surface area contributed by atoms with E-state index in [1.807, 2.05) is 6.92 Å². The Morgan fingerprint density at radius 2 is 1.75 bits per heavy atom. The van der Waals surface area contributed by atoms with Crippen molar-refractivity contribution in [2.75, 3.05) is 30.3 Å². The Bertz CT molecular complexity index is 933. The van der Waals surface area contributed by atoms with Crippen molar-refractivity contribution < 1.29 is 9.53 Å². The average Bonchev–Trinajstić information content (AvgIpc) is 2.96. The molecule has 7 heteroatoms. The van der Waals surface area contributed by atoms with Gasteiger partial charge in [-0.15, -0.1) is 11.3 Å². The van der Waals surface area contributed by atoms with Gasteiger partial charge in [0.1, 0.15) is 5.00 Å². The molecule has 0 radical (unpaired) electrons. The van der Waals surface area contributed by atoms with Crippen molar-refractivity contribution in [3.8, 4) is 0 Å². The topological polar surface area (TPSA) is 53.6 Å². The fourth-order valence-corrected chi connectivity index (χ4v) is 6.15. The lowest BCUT2D eigenvalue weighted by Crippen LogP contribution is -2.29. The minimum Gasteiger partial charge on any atom is -0.462 e. The van der Waals surface area contributed by atoms with Gasteiger partial charge in [-0.05, 0) is 94.0 Å². The fourth-order valence-electron chi connectivity index (χ4n) is 4.58. The summed E-state index contributed by atoms with van der Waals surface area (Å²) < 4.78 is 5.37. The number of carbonyl (C=O) groups excluding carboxylic acids is 1. The van der Waals surface area contributed by atoms with Gasteiger partial charge in [0.2, 0.25) is 0 Å². The number of ether oxygens (including phenoxy) is 1. The van der Waals surface area contributed by atoms with Crippen LogP contribution in [0.25, 0.3) is 0 Å². The van der Waals surface area contributed by atoms with Crippen LogP contribution in [0.2, 0.25) is 0 Å². The van der Waals surface area contributed by atoms with Gasteiger partial charge in [0.05, 0.1) is 12.2 Å². The number of thiocarbonyl (C=S) groups is 1. The monoisotopic (exact) mass is 471 g/mol. The Hall–Kier alpha value is -1.96. The van der Waals surface area contributed by atoms with Gasteiger partial charge in [-0.2, -0.15) is 0 Å². The van der Waals surface area contributed by atoms with E-state index in [2.05, 4.69) is 39.8 Å². The fraction of sp³-hybridized carbons (Fsp3) is 0.520. The molecule has 0 spiro atoms. The van der Waals surface area contributed by atoms with E-state index >= 15 is 0 Å². The molecule has 1 aromatic heterocycles. The molecule has 0 amide bonds. The first-order valence-corrected chi connectivity index (χ1v) is 13.1. The molecule has 2 aliphatic rings. The summed E-state index contributed by atoms with van der Waals surface area (Å²) in [6, 6.07) is 8.47. The van der Waals surface area contributed by atoms with Gasteiger partial charge in [-0.1, -0.05) is 25.0 Å². The van der Waals surface area contributed by atoms with Crippen LogP contribution in [0.15, 0.2) is 24.3 Å². The second-order valence-corrected chi connectivity index (χ2v) is 10.1. The third kappa shape index (κ3) is 5.88. The van der Waals surface area contributed by atoms with Gasteiger partial charge < -0.3 is 15.4 Å². The van der Waals surface area contributed by atoms with Crippen LogP contribution in [0.5, 0.6) is 0 Å². The van der Waals surface area contributed by atoms with Crippen molar-refractivity contribution in [2.45, 2.75) is 64.8 Å². The molecule has 0 unspecified atom stereocenters. The van der Waals surface area contributed by atoms with Crippen LogP contribution >= 0.6 is 23.6 Å². The minimum absolute atomic E-state index is 0.251. The molecule has 4 rings (SSSR count). The molecule has 172 valence electrons. The Morgan fingerprint density at radius 1 is 1.03 bits per heavy atom. The number of thiophene rings is 1. The standard InChI is InChI=1S/C25H33N3O2S2/c1-2-30-24(29)22-20-9-5-3-6-10-21(20)32-23(22)27-25(31)26-19-13-11-18(12-14-19)17-28-15-7-4-8-16-28/h11-14H,2-10,15-17H2,1H3,(H2,26,27,31). The van der Waals surface area contributed by atoms with Crippen LogP contribution in [0.1, 0.15) is 71.8 Å². The predicted octanol–water partition coefficient (Wildman–Crippen LogP) is 5.99. The minimum atomic E-state index is -0.251. The number of piperidine rings is 1. The number of carbonyl (C=O) groups is 1. The summed E-state index contributed by atoms with van der Waals surface area (Å²) in [5.74, 6) is -0.251. The van der Waals surface area contributed by atoms with Gasteiger partial charge in [-0.3, -0.25) is 4.90 Å². The summed E-state index contributed by atoms with van der Waals surface area (Å²) in [5, 5.41) is 7.86. The molecule has 1 saturated heterocycles. The summed E-state index contributed by atoms with van der Waals surface area (Å²) >= 11 is 7.23. The zero-order valence-corrected chi connectivity index (χ0v) is 20.5. The Labute approximate surface area is 200 Å². The summed E-state index contributed by atoms with van der Waals surface area (Å²) in [7, 11) is 0. The lowest BCUT2D eigenvalue weighted by atomic mass is 10.1. The average molecular weight is 472 g/mol. The normalized spacial score (nSPS) is 16.7. The molecule has 1 aromatic carbocycles. The van der Waals surface area contributed by atoms with Crippen LogP contribution in [0.3, 0.4) is 0 Å². The van der Waals surface area contributed by atoms with E-state index in [1.165, 1.54) is 55.6 Å². The Kier molecular flexibility index (Phi) is 8.16. The number of nitrogens with zero attached hydrogens (tertiary/aromatic N) is 1. The van der Waals surface area contributed by atoms with Crippen LogP contribution in [-0.2, 0) is 24.1 Å². The lowest BCUT2D eigenvalue weighted by molar-refractivity contribution is 0.0527. The maximum absolute atomic E-state index is 12.7. The number of likely N-dealkylation sites (tertiary alicyclic amines) is 1. The number of esters is 1. The number of hydrogen-bond acceptors (Lipinski definition) is 5. The first-order valence-electron chi connectivity index (χ1n) is 11.8. The van der Waals surface area contributed by atoms with Crippen molar-refractivity contribution in [3.05, 3.63) is 45.8 Å². The number of nitrogens with one attached hydrogen (secondary N) is 2. The first-order chi connectivity index (χ1) is 15.6. The van der Waals surface area contributed by atoms with Crippen molar-refractivity contribution in [1.82, 2.24) is 4.90 Å². The second kappa shape index (κ2) is 11.3. The van der Waals surface area contributed by atoms with Gasteiger partial charge >= 0.3 is 5.97 Å². The van der Waals surface area contributed by atoms with Crippen LogP contribution in [0.4, 0.5) is 10.7 Å². The molecule has 1 fully saturated rings. The molecule has 5 nitrogen and oxygen atoms in total. The SMILES string of the molecule is CCOC(=O)c1c(NC(=S)Nc2ccc(CN3CCCCC3)cc2)sc2c1CCCCC2. The lowest BCUT2D eigenvalue weighted by Gasteiger charge is -2.26. The summed E-state index contributed by atoms with van der Waals surface area (Å²) in [6.45, 7) is 5.61. The van der Waals surface area contributed by atoms with E-state index < -0.39 is 0 Å². The summed E-state index contributed by atoms with van der Waals surface area (Å²) in [5.41, 5.74) is 4.09. The van der Waals surface area contributed by atoms with Crippen molar-refractivity contribution in [2.24, 2.45) is 0 Å². The maximum atomic E-state index is 12.7. The molecule has 1 aliphatic carbocycles. The highest BCUT2D eigenvalue weighted by Crippen LogP contribution is 2.38. The molecular weight excluding hydrogens is 438 g/mol. The summed E-state index contributed by atoms with van der Waals surface area (Å²) in [4.78, 5) is 16.5. The second-order valence-electron chi connectivity index (χ2n) is 8.60. The number of anilines is 2. The molecule has 0 saturated carbocycles. The van der Waals surface area contributed by atoms with Gasteiger partial charge in [0, 0.05) is 17.1 Å². The van der Waals surface area contributed by atoms with E-state index in [4.69, 9.17) is 17.0 Å². The van der Waals surface area contributed by atoms with Gasteiger partial charge in [-0.25, -0.2) is 4.79 Å². The number of benzene rings is 1. The smallest absolute Gasteiger partial charge is 0.341 e. The van der Waals surface area contributed by atoms with Crippen LogP contribution in [-0.4, -0.2) is 35.7 Å². The van der Waals surface area contributed by atoms with Crippen LogP contribution in [0, 0.1) is 0 Å². The van der Waals surface area contributed by atoms with Crippen molar-refractivity contribution in [1.29, 1.82) is 0 Å². The molecule has 0 bridgehead atoms. The molecule has 0 atom stereocenters. The van der Waals surface area contributed by atoms with E-state index in [-0.39, 0.29) is 5.97 Å². The molecule has 2 aromatic rings. The predicted molar refractivity (Wildman–Crippen MR) is 137 cm³/mol. The van der Waals surface area contributed by atoms with Gasteiger partial charge in [0.15, 0.2) is 5.11 Å². The largest absolute Gasteiger partial charge is 0.462 e. The van der Waals surface area contributed by atoms with E-state index in [0.29, 0.717) is 17.3 Å². The van der Waals surface area contributed by atoms with E-state index in [9.17, 15) is 4.79 Å². The molecule has 1 aliphatic heterocycles. The molecular formula is C25H33N3O2S2. The number of aryl methyl sites for hydroxylation is 1. The zero-order valence-electron chi connectivity index (χ0n) is 18.9. The third-order valence-corrected chi connectivity index (χ3v) is 7.61. The number of hydrogen-bond donors (Lipinski definition) is 2. The highest BCUT2D eigenvalue weighted by molar-refractivity contribution is 7.80. The molecule has 2 heterocycles. The Balaban J connectivity index is 1.41. The zero-order chi connectivity index (χ0) is 22.3. The number of rotatable bonds is 6. The van der Waals surface area contributed by atoms with Crippen molar-refractivity contribution in [3.63, 3.8) is 0 Å². The van der Waals surface area contributed by atoms with E-state index in [0.717, 1.165) is 42.1 Å². The van der Waals surface area contributed by atoms with Crippen molar-refractivity contribution >= 4 is 45.3 Å². The first kappa shape index (κ1) is 23.2. The number of fused-ring (bicyclic) bond motifs is 1. The highest BCUT2D eigenvalue weighted by Gasteiger charge is 2.26. The van der Waals surface area contributed by atoms with Crippen LogP contribution < -0.4 is 10.6 Å².